The number of hydrogen-bond donors (Lipinski definition) is 2. The molecule has 114 valence electrons. The topological polar surface area (TPSA) is 40.7 Å². The summed E-state index contributed by atoms with van der Waals surface area (Å²) in [7, 11) is 0. The van der Waals surface area contributed by atoms with E-state index in [4.69, 9.17) is 0 Å². The molecule has 2 N–H and O–H groups in total. The van der Waals surface area contributed by atoms with Gasteiger partial charge in [-0.25, -0.2) is 4.98 Å². The van der Waals surface area contributed by atoms with Crippen molar-refractivity contribution in [2.24, 2.45) is 11.3 Å². The van der Waals surface area contributed by atoms with Gasteiger partial charge in [-0.15, -0.1) is 0 Å². The molecular weight excluding hydrogens is 266 g/mol. The van der Waals surface area contributed by atoms with E-state index in [1.807, 2.05) is 24.2 Å². The van der Waals surface area contributed by atoms with Gasteiger partial charge in [-0.3, -0.25) is 0 Å². The fraction of sp³-hybridized carbons (Fsp3) is 0.812. The highest BCUT2D eigenvalue weighted by Crippen LogP contribution is 2.42. The van der Waals surface area contributed by atoms with Crippen LogP contribution in [0.3, 0.4) is 0 Å². The molecule has 20 heavy (non-hydrogen) atoms. The molecule has 0 radical (unpaired) electrons. The second-order valence-corrected chi connectivity index (χ2v) is 8.22. The summed E-state index contributed by atoms with van der Waals surface area (Å²) in [5, 5.41) is 5.44. The Morgan fingerprint density at radius 1 is 1.40 bits per heavy atom. The van der Waals surface area contributed by atoms with Crippen LogP contribution in [0.4, 0.5) is 0 Å². The summed E-state index contributed by atoms with van der Waals surface area (Å²) >= 11 is 1.92. The van der Waals surface area contributed by atoms with E-state index >= 15 is 0 Å². The zero-order valence-corrected chi connectivity index (χ0v) is 14.1. The monoisotopic (exact) mass is 295 g/mol. The SMILES string of the molecule is CCCNC1CCC(C(C)(C)C)CC1Sc1ncc[nH]1. The third-order valence-electron chi connectivity index (χ3n) is 4.41. The first-order valence-electron chi connectivity index (χ1n) is 7.90. The van der Waals surface area contributed by atoms with Crippen LogP contribution in [0.5, 0.6) is 0 Å². The lowest BCUT2D eigenvalue weighted by molar-refractivity contribution is 0.165. The number of H-pyrrole nitrogens is 1. The van der Waals surface area contributed by atoms with Gasteiger partial charge in [-0.2, -0.15) is 0 Å². The number of aromatic amines is 1. The van der Waals surface area contributed by atoms with Gasteiger partial charge < -0.3 is 10.3 Å². The highest BCUT2D eigenvalue weighted by Gasteiger charge is 2.36. The Kier molecular flexibility index (Phi) is 5.56. The summed E-state index contributed by atoms with van der Waals surface area (Å²) in [4.78, 5) is 7.63. The zero-order chi connectivity index (χ0) is 14.6. The lowest BCUT2D eigenvalue weighted by Crippen LogP contribution is -2.45. The lowest BCUT2D eigenvalue weighted by Gasteiger charge is -2.41. The van der Waals surface area contributed by atoms with E-state index in [1.54, 1.807) is 0 Å². The van der Waals surface area contributed by atoms with Crippen molar-refractivity contribution >= 4 is 11.8 Å². The Bertz CT molecular complexity index is 383. The third kappa shape index (κ3) is 4.26. The molecule has 1 aromatic heterocycles. The Morgan fingerprint density at radius 3 is 2.80 bits per heavy atom. The third-order valence-corrected chi connectivity index (χ3v) is 5.68. The minimum Gasteiger partial charge on any atom is -0.340 e. The van der Waals surface area contributed by atoms with E-state index < -0.39 is 0 Å². The maximum Gasteiger partial charge on any atom is 0.165 e. The first-order chi connectivity index (χ1) is 9.50. The van der Waals surface area contributed by atoms with Crippen molar-refractivity contribution < 1.29 is 0 Å². The fourth-order valence-corrected chi connectivity index (χ4v) is 4.34. The molecule has 0 aromatic carbocycles. The molecule has 4 heteroatoms. The normalized spacial score (nSPS) is 27.7. The van der Waals surface area contributed by atoms with Gasteiger partial charge >= 0.3 is 0 Å². The molecule has 1 aromatic rings. The molecule has 3 unspecified atom stereocenters. The minimum atomic E-state index is 0.414. The van der Waals surface area contributed by atoms with Gasteiger partial charge in [0.1, 0.15) is 0 Å². The molecule has 0 aliphatic heterocycles. The predicted octanol–water partition coefficient (Wildman–Crippen LogP) is 4.08. The second-order valence-electron chi connectivity index (χ2n) is 6.99. The van der Waals surface area contributed by atoms with Crippen LogP contribution in [-0.4, -0.2) is 27.8 Å². The molecule has 0 amide bonds. The van der Waals surface area contributed by atoms with Gasteiger partial charge in [0.2, 0.25) is 0 Å². The summed E-state index contributed by atoms with van der Waals surface area (Å²) in [6.07, 6.45) is 8.90. The van der Waals surface area contributed by atoms with Crippen LogP contribution in [0.15, 0.2) is 17.6 Å². The predicted molar refractivity (Wildman–Crippen MR) is 87.1 cm³/mol. The Hall–Kier alpha value is -0.480. The highest BCUT2D eigenvalue weighted by atomic mass is 32.2. The van der Waals surface area contributed by atoms with Crippen LogP contribution in [0.25, 0.3) is 0 Å². The summed E-state index contributed by atoms with van der Waals surface area (Å²) < 4.78 is 0. The molecule has 2 rings (SSSR count). The van der Waals surface area contributed by atoms with Crippen LogP contribution < -0.4 is 5.32 Å². The zero-order valence-electron chi connectivity index (χ0n) is 13.3. The minimum absolute atomic E-state index is 0.414. The quantitative estimate of drug-likeness (QED) is 0.860. The molecule has 1 saturated carbocycles. The molecule has 1 aliphatic rings. The number of hydrogen-bond acceptors (Lipinski definition) is 3. The van der Waals surface area contributed by atoms with E-state index in [0.717, 1.165) is 17.6 Å². The molecule has 0 saturated heterocycles. The van der Waals surface area contributed by atoms with Crippen LogP contribution >= 0.6 is 11.8 Å². The van der Waals surface area contributed by atoms with Crippen LogP contribution in [0.1, 0.15) is 53.4 Å². The van der Waals surface area contributed by atoms with Crippen molar-refractivity contribution in [3.05, 3.63) is 12.4 Å². The molecular formula is C16H29N3S. The number of aromatic nitrogens is 2. The standard InChI is InChI=1S/C16H29N3S/c1-5-8-17-13-7-6-12(16(2,3)4)11-14(13)20-15-18-9-10-19-15/h9-10,12-14,17H,5-8,11H2,1-4H3,(H,18,19). The van der Waals surface area contributed by atoms with Crippen molar-refractivity contribution in [2.75, 3.05) is 6.54 Å². The Morgan fingerprint density at radius 2 is 2.20 bits per heavy atom. The van der Waals surface area contributed by atoms with Gasteiger partial charge in [-0.05, 0) is 43.6 Å². The summed E-state index contributed by atoms with van der Waals surface area (Å²) in [5.41, 5.74) is 0.414. The summed E-state index contributed by atoms with van der Waals surface area (Å²) in [6.45, 7) is 10.5. The maximum absolute atomic E-state index is 4.39. The molecule has 1 heterocycles. The smallest absolute Gasteiger partial charge is 0.165 e. The average Bonchev–Trinajstić information content (AvgIpc) is 2.89. The van der Waals surface area contributed by atoms with Gasteiger partial charge in [-0.1, -0.05) is 39.5 Å². The molecule has 3 atom stereocenters. The fourth-order valence-electron chi connectivity index (χ4n) is 3.07. The highest BCUT2D eigenvalue weighted by molar-refractivity contribution is 7.99. The Labute approximate surface area is 127 Å². The average molecular weight is 295 g/mol. The second kappa shape index (κ2) is 6.99. The number of thioether (sulfide) groups is 1. The lowest BCUT2D eigenvalue weighted by atomic mass is 9.71. The Balaban J connectivity index is 2.02. The molecule has 1 aliphatic carbocycles. The van der Waals surface area contributed by atoms with E-state index in [9.17, 15) is 0 Å². The molecule has 0 bridgehead atoms. The molecule has 1 fully saturated rings. The van der Waals surface area contributed by atoms with Crippen molar-refractivity contribution in [2.45, 2.75) is 69.8 Å². The van der Waals surface area contributed by atoms with Crippen LogP contribution in [-0.2, 0) is 0 Å². The van der Waals surface area contributed by atoms with Crippen LogP contribution in [0, 0.1) is 11.3 Å². The van der Waals surface area contributed by atoms with Crippen LogP contribution in [0.2, 0.25) is 0 Å². The first-order valence-corrected chi connectivity index (χ1v) is 8.78. The number of nitrogens with one attached hydrogen (secondary N) is 2. The molecule has 3 nitrogen and oxygen atoms in total. The number of rotatable bonds is 5. The van der Waals surface area contributed by atoms with Crippen molar-refractivity contribution in [3.8, 4) is 0 Å². The first kappa shape index (κ1) is 15.9. The largest absolute Gasteiger partial charge is 0.340 e. The van der Waals surface area contributed by atoms with Crippen molar-refractivity contribution in [1.29, 1.82) is 0 Å². The van der Waals surface area contributed by atoms with Gasteiger partial charge in [0, 0.05) is 23.7 Å². The number of nitrogens with zero attached hydrogens (tertiary/aromatic N) is 1. The van der Waals surface area contributed by atoms with Crippen molar-refractivity contribution in [3.63, 3.8) is 0 Å². The van der Waals surface area contributed by atoms with Gasteiger partial charge in [0.05, 0.1) is 0 Å². The van der Waals surface area contributed by atoms with E-state index in [-0.39, 0.29) is 0 Å². The number of imidazole rings is 1. The summed E-state index contributed by atoms with van der Waals surface area (Å²) in [6, 6.07) is 0.628. The van der Waals surface area contributed by atoms with Gasteiger partial charge in [0.25, 0.3) is 0 Å². The summed E-state index contributed by atoms with van der Waals surface area (Å²) in [5.74, 6) is 0.814. The van der Waals surface area contributed by atoms with Crippen molar-refractivity contribution in [1.82, 2.24) is 15.3 Å². The maximum atomic E-state index is 4.39. The van der Waals surface area contributed by atoms with E-state index in [2.05, 4.69) is 43.0 Å². The van der Waals surface area contributed by atoms with Gasteiger partial charge in [0.15, 0.2) is 5.16 Å². The van der Waals surface area contributed by atoms with E-state index in [0.29, 0.717) is 16.7 Å². The van der Waals surface area contributed by atoms with E-state index in [1.165, 1.54) is 25.7 Å². The molecule has 0 spiro atoms.